The first-order valence-electron chi connectivity index (χ1n) is 6.73. The highest BCUT2D eigenvalue weighted by Gasteiger charge is 2.43. The normalized spacial score (nSPS) is 23.5. The van der Waals surface area contributed by atoms with Gasteiger partial charge in [-0.15, -0.1) is 0 Å². The maximum atomic E-state index is 12.4. The van der Waals surface area contributed by atoms with E-state index in [1.165, 1.54) is 5.56 Å². The van der Waals surface area contributed by atoms with E-state index in [-0.39, 0.29) is 23.9 Å². The Morgan fingerprint density at radius 1 is 1.44 bits per heavy atom. The summed E-state index contributed by atoms with van der Waals surface area (Å²) in [6, 6.07) is 10.5. The second-order valence-electron chi connectivity index (χ2n) is 5.22. The predicted molar refractivity (Wildman–Crippen MR) is 72.8 cm³/mol. The summed E-state index contributed by atoms with van der Waals surface area (Å²) >= 11 is 0. The Labute approximate surface area is 109 Å². The minimum Gasteiger partial charge on any atom is -0.335 e. The molecule has 0 aromatic heterocycles. The molecular formula is C15H22N2O. The van der Waals surface area contributed by atoms with Crippen molar-refractivity contribution in [3.63, 3.8) is 0 Å². The highest BCUT2D eigenvalue weighted by molar-refractivity contribution is 5.82. The summed E-state index contributed by atoms with van der Waals surface area (Å²) in [5, 5.41) is 0. The molecular weight excluding hydrogens is 224 g/mol. The Morgan fingerprint density at radius 3 is 2.56 bits per heavy atom. The van der Waals surface area contributed by atoms with Crippen molar-refractivity contribution in [1.82, 2.24) is 4.90 Å². The van der Waals surface area contributed by atoms with Crippen LogP contribution in [0.3, 0.4) is 0 Å². The van der Waals surface area contributed by atoms with Gasteiger partial charge in [0.05, 0.1) is 5.92 Å². The number of amides is 1. The van der Waals surface area contributed by atoms with E-state index in [1.807, 2.05) is 23.1 Å². The molecule has 0 heterocycles. The van der Waals surface area contributed by atoms with Crippen LogP contribution in [0.1, 0.15) is 32.3 Å². The zero-order valence-corrected chi connectivity index (χ0v) is 11.2. The molecule has 0 aliphatic heterocycles. The van der Waals surface area contributed by atoms with Gasteiger partial charge in [0, 0.05) is 18.6 Å². The van der Waals surface area contributed by atoms with Crippen LogP contribution in [0, 0.1) is 5.92 Å². The van der Waals surface area contributed by atoms with Gasteiger partial charge in [-0.25, -0.2) is 0 Å². The fourth-order valence-corrected chi connectivity index (χ4v) is 2.16. The molecule has 3 unspecified atom stereocenters. The summed E-state index contributed by atoms with van der Waals surface area (Å²) < 4.78 is 0. The zero-order chi connectivity index (χ0) is 13.1. The molecule has 3 atom stereocenters. The van der Waals surface area contributed by atoms with Gasteiger partial charge in [-0.1, -0.05) is 37.3 Å². The summed E-state index contributed by atoms with van der Waals surface area (Å²) in [6.45, 7) is 4.91. The van der Waals surface area contributed by atoms with Crippen molar-refractivity contribution < 1.29 is 4.79 Å². The number of hydrogen-bond donors (Lipinski definition) is 1. The molecule has 1 aromatic carbocycles. The first-order chi connectivity index (χ1) is 8.63. The topological polar surface area (TPSA) is 46.3 Å². The average molecular weight is 246 g/mol. The number of carbonyl (C=O) groups is 1. The number of carbonyl (C=O) groups excluding carboxylic acids is 1. The lowest BCUT2D eigenvalue weighted by molar-refractivity contribution is -0.135. The van der Waals surface area contributed by atoms with E-state index < -0.39 is 0 Å². The van der Waals surface area contributed by atoms with Gasteiger partial charge in [-0.2, -0.15) is 0 Å². The molecule has 98 valence electrons. The Morgan fingerprint density at radius 2 is 2.06 bits per heavy atom. The summed E-state index contributed by atoms with van der Waals surface area (Å²) in [5.41, 5.74) is 6.97. The average Bonchev–Trinajstić information content (AvgIpc) is 3.12. The molecule has 1 fully saturated rings. The number of benzene rings is 1. The lowest BCUT2D eigenvalue weighted by atomic mass is 10.1. The van der Waals surface area contributed by atoms with Crippen molar-refractivity contribution in [2.24, 2.45) is 11.7 Å². The lowest BCUT2D eigenvalue weighted by Gasteiger charge is -2.29. The fraction of sp³-hybridized carbons (Fsp3) is 0.533. The fourth-order valence-electron chi connectivity index (χ4n) is 2.16. The Kier molecular flexibility index (Phi) is 4.02. The van der Waals surface area contributed by atoms with Crippen molar-refractivity contribution in [1.29, 1.82) is 0 Å². The number of nitrogens with zero attached hydrogens (tertiary/aromatic N) is 1. The van der Waals surface area contributed by atoms with Crippen molar-refractivity contribution >= 4 is 5.91 Å². The van der Waals surface area contributed by atoms with E-state index >= 15 is 0 Å². The molecule has 3 nitrogen and oxygen atoms in total. The van der Waals surface area contributed by atoms with Gasteiger partial charge < -0.3 is 10.6 Å². The molecule has 1 aromatic rings. The second-order valence-corrected chi connectivity index (χ2v) is 5.22. The van der Waals surface area contributed by atoms with E-state index in [9.17, 15) is 4.79 Å². The van der Waals surface area contributed by atoms with Crippen molar-refractivity contribution in [3.05, 3.63) is 35.9 Å². The van der Waals surface area contributed by atoms with Crippen LogP contribution in [0.25, 0.3) is 0 Å². The molecule has 18 heavy (non-hydrogen) atoms. The molecule has 1 amide bonds. The third-order valence-corrected chi connectivity index (χ3v) is 3.76. The van der Waals surface area contributed by atoms with Crippen LogP contribution >= 0.6 is 0 Å². The van der Waals surface area contributed by atoms with Gasteiger partial charge in [0.1, 0.15) is 0 Å². The maximum Gasteiger partial charge on any atom is 0.227 e. The third kappa shape index (κ3) is 2.91. The Bertz CT molecular complexity index is 404. The predicted octanol–water partition coefficient (Wildman–Crippen LogP) is 2.16. The van der Waals surface area contributed by atoms with Crippen LogP contribution in [0.5, 0.6) is 0 Å². The highest BCUT2D eigenvalue weighted by atomic mass is 16.2. The molecule has 0 bridgehead atoms. The van der Waals surface area contributed by atoms with Gasteiger partial charge in [0.2, 0.25) is 5.91 Å². The Balaban J connectivity index is 2.08. The van der Waals surface area contributed by atoms with Gasteiger partial charge in [-0.05, 0) is 25.3 Å². The van der Waals surface area contributed by atoms with E-state index in [4.69, 9.17) is 5.73 Å². The van der Waals surface area contributed by atoms with Crippen LogP contribution in [-0.2, 0) is 11.3 Å². The van der Waals surface area contributed by atoms with Crippen LogP contribution in [0.15, 0.2) is 30.3 Å². The van der Waals surface area contributed by atoms with E-state index in [0.717, 1.165) is 12.8 Å². The second kappa shape index (κ2) is 5.53. The molecule has 1 saturated carbocycles. The molecule has 0 radical (unpaired) electrons. The van der Waals surface area contributed by atoms with Crippen LogP contribution in [-0.4, -0.2) is 22.9 Å². The first kappa shape index (κ1) is 13.1. The summed E-state index contributed by atoms with van der Waals surface area (Å²) in [6.07, 6.45) is 1.82. The largest absolute Gasteiger partial charge is 0.335 e. The van der Waals surface area contributed by atoms with E-state index in [0.29, 0.717) is 6.54 Å². The van der Waals surface area contributed by atoms with Crippen LogP contribution in [0.4, 0.5) is 0 Å². The van der Waals surface area contributed by atoms with Crippen molar-refractivity contribution in [2.75, 3.05) is 0 Å². The smallest absolute Gasteiger partial charge is 0.227 e. The summed E-state index contributed by atoms with van der Waals surface area (Å²) in [4.78, 5) is 14.3. The van der Waals surface area contributed by atoms with Crippen molar-refractivity contribution in [3.8, 4) is 0 Å². The van der Waals surface area contributed by atoms with E-state index in [1.54, 1.807) is 0 Å². The van der Waals surface area contributed by atoms with Crippen LogP contribution in [0.2, 0.25) is 0 Å². The van der Waals surface area contributed by atoms with Gasteiger partial charge in [0.25, 0.3) is 0 Å². The van der Waals surface area contributed by atoms with Gasteiger partial charge in [0.15, 0.2) is 0 Å². The monoisotopic (exact) mass is 246 g/mol. The number of rotatable bonds is 5. The summed E-state index contributed by atoms with van der Waals surface area (Å²) in [7, 11) is 0. The quantitative estimate of drug-likeness (QED) is 0.865. The van der Waals surface area contributed by atoms with Gasteiger partial charge in [-0.3, -0.25) is 4.79 Å². The minimum absolute atomic E-state index is 0.0581. The number of hydrogen-bond acceptors (Lipinski definition) is 2. The molecule has 2 rings (SSSR count). The lowest BCUT2D eigenvalue weighted by Crippen LogP contribution is -2.39. The molecule has 0 spiro atoms. The summed E-state index contributed by atoms with van der Waals surface area (Å²) in [5.74, 6) is 0.281. The molecule has 1 aliphatic rings. The third-order valence-electron chi connectivity index (χ3n) is 3.76. The van der Waals surface area contributed by atoms with Crippen LogP contribution < -0.4 is 5.73 Å². The molecule has 3 heteroatoms. The molecule has 2 N–H and O–H groups in total. The van der Waals surface area contributed by atoms with Crippen molar-refractivity contribution in [2.45, 2.75) is 45.3 Å². The number of nitrogens with two attached hydrogens (primary N) is 1. The zero-order valence-electron chi connectivity index (χ0n) is 11.2. The molecule has 0 saturated heterocycles. The minimum atomic E-state index is 0.0581. The highest BCUT2D eigenvalue weighted by Crippen LogP contribution is 2.31. The Hall–Kier alpha value is -1.35. The standard InChI is InChI=1S/C15H22N2O/c1-3-11(2)17(15(18)13-9-14(13)16)10-12-7-5-4-6-8-12/h4-8,11,13-14H,3,9-10,16H2,1-2H3. The first-order valence-corrected chi connectivity index (χ1v) is 6.73. The molecule has 1 aliphatic carbocycles. The SMILES string of the molecule is CCC(C)N(Cc1ccccc1)C(=O)C1CC1N. The van der Waals surface area contributed by atoms with E-state index in [2.05, 4.69) is 26.0 Å². The van der Waals surface area contributed by atoms with Gasteiger partial charge >= 0.3 is 0 Å². The maximum absolute atomic E-state index is 12.4.